The number of aromatic nitrogens is 3. The second kappa shape index (κ2) is 11.9. The maximum Gasteiger partial charge on any atom is 0.251 e. The molecule has 0 saturated heterocycles. The van der Waals surface area contributed by atoms with E-state index in [-0.39, 0.29) is 24.1 Å². The largest absolute Gasteiger partial charge is 0.345 e. The van der Waals surface area contributed by atoms with Gasteiger partial charge in [0.25, 0.3) is 5.91 Å². The summed E-state index contributed by atoms with van der Waals surface area (Å²) >= 11 is 22.5. The van der Waals surface area contributed by atoms with Gasteiger partial charge in [-0.3, -0.25) is 9.59 Å². The van der Waals surface area contributed by atoms with Crippen LogP contribution in [0.2, 0.25) is 15.1 Å². The third-order valence-corrected chi connectivity index (χ3v) is 7.17. The molecule has 2 aromatic carbocycles. The number of hydrogen-bond acceptors (Lipinski definition) is 5. The third kappa shape index (κ3) is 6.97. The van der Waals surface area contributed by atoms with Crippen LogP contribution in [0.25, 0.3) is 0 Å². The van der Waals surface area contributed by atoms with Gasteiger partial charge in [-0.25, -0.2) is 0 Å². The lowest BCUT2D eigenvalue weighted by atomic mass is 10.2. The lowest BCUT2D eigenvalue weighted by Crippen LogP contribution is -2.25. The Morgan fingerprint density at radius 2 is 1.88 bits per heavy atom. The highest BCUT2D eigenvalue weighted by molar-refractivity contribution is 9.10. The molecule has 2 N–H and O–H groups in total. The fourth-order valence-electron chi connectivity index (χ4n) is 2.67. The predicted octanol–water partition coefficient (Wildman–Crippen LogP) is 5.85. The van der Waals surface area contributed by atoms with Crippen molar-refractivity contribution in [3.63, 3.8) is 0 Å². The molecule has 0 aliphatic rings. The number of amides is 2. The van der Waals surface area contributed by atoms with Crippen molar-refractivity contribution >= 4 is 80.0 Å². The molecule has 0 unspecified atom stereocenters. The zero-order valence-electron chi connectivity index (χ0n) is 16.9. The zero-order valence-corrected chi connectivity index (χ0v) is 21.6. The van der Waals surface area contributed by atoms with Crippen LogP contribution >= 0.6 is 62.5 Å². The van der Waals surface area contributed by atoms with E-state index in [1.54, 1.807) is 41.0 Å². The van der Waals surface area contributed by atoms with Crippen molar-refractivity contribution < 1.29 is 9.59 Å². The number of carbonyl (C=O) groups excluding carboxylic acids is 2. The number of nitrogens with one attached hydrogen (secondary N) is 2. The van der Waals surface area contributed by atoms with E-state index in [1.807, 2.05) is 0 Å². The monoisotopic (exact) mass is 587 g/mol. The first-order valence-electron chi connectivity index (χ1n) is 9.42. The van der Waals surface area contributed by atoms with E-state index in [9.17, 15) is 9.59 Å². The van der Waals surface area contributed by atoms with Crippen molar-refractivity contribution in [2.24, 2.45) is 0 Å². The Balaban J connectivity index is 1.61. The highest BCUT2D eigenvalue weighted by Gasteiger charge is 2.15. The van der Waals surface area contributed by atoms with E-state index < -0.39 is 0 Å². The minimum atomic E-state index is -0.330. The van der Waals surface area contributed by atoms with E-state index in [2.05, 4.69) is 43.3 Å². The molecule has 0 fully saturated rings. The Labute approximate surface area is 218 Å². The van der Waals surface area contributed by atoms with Crippen molar-refractivity contribution in [3.8, 4) is 0 Å². The molecule has 3 rings (SSSR count). The maximum absolute atomic E-state index is 12.4. The van der Waals surface area contributed by atoms with Gasteiger partial charge in [0.15, 0.2) is 11.0 Å². The molecule has 3 aromatic rings. The Morgan fingerprint density at radius 3 is 2.58 bits per heavy atom. The molecule has 1 heterocycles. The first-order chi connectivity index (χ1) is 15.8. The van der Waals surface area contributed by atoms with Crippen LogP contribution in [-0.2, 0) is 17.9 Å². The van der Waals surface area contributed by atoms with Gasteiger partial charge in [0.1, 0.15) is 0 Å². The van der Waals surface area contributed by atoms with E-state index in [4.69, 9.17) is 34.8 Å². The van der Waals surface area contributed by atoms with Gasteiger partial charge in [-0.05, 0) is 52.3 Å². The average Bonchev–Trinajstić information content (AvgIpc) is 3.17. The Hall–Kier alpha value is -2.04. The van der Waals surface area contributed by atoms with E-state index in [0.29, 0.717) is 43.8 Å². The fourth-order valence-corrected chi connectivity index (χ4v) is 4.16. The SMILES string of the molecule is C=CCn1c(CNC(=O)c2ccc(Cl)c(Cl)c2)nnc1SCC(=O)Nc1ccc(Br)c(Cl)c1. The molecule has 0 aliphatic carbocycles. The van der Waals surface area contributed by atoms with Gasteiger partial charge < -0.3 is 15.2 Å². The van der Waals surface area contributed by atoms with Crippen LogP contribution in [-0.4, -0.2) is 32.3 Å². The molecule has 12 heteroatoms. The van der Waals surface area contributed by atoms with Gasteiger partial charge in [0.2, 0.25) is 5.91 Å². The first kappa shape index (κ1) is 25.6. The molecule has 0 radical (unpaired) electrons. The normalized spacial score (nSPS) is 10.7. The summed E-state index contributed by atoms with van der Waals surface area (Å²) in [4.78, 5) is 24.8. The number of halogens is 4. The highest BCUT2D eigenvalue weighted by Crippen LogP contribution is 2.26. The quantitative estimate of drug-likeness (QED) is 0.242. The van der Waals surface area contributed by atoms with Gasteiger partial charge >= 0.3 is 0 Å². The summed E-state index contributed by atoms with van der Waals surface area (Å²) in [5.74, 6) is 0.0777. The molecule has 33 heavy (non-hydrogen) atoms. The highest BCUT2D eigenvalue weighted by atomic mass is 79.9. The summed E-state index contributed by atoms with van der Waals surface area (Å²) in [6.45, 7) is 4.29. The van der Waals surface area contributed by atoms with Gasteiger partial charge in [-0.2, -0.15) is 0 Å². The molecule has 0 atom stereocenters. The summed E-state index contributed by atoms with van der Waals surface area (Å²) < 4.78 is 2.52. The van der Waals surface area contributed by atoms with Crippen LogP contribution < -0.4 is 10.6 Å². The summed E-state index contributed by atoms with van der Waals surface area (Å²) in [6, 6.07) is 9.78. The summed E-state index contributed by atoms with van der Waals surface area (Å²) in [6.07, 6.45) is 1.68. The number of hydrogen-bond donors (Lipinski definition) is 2. The van der Waals surface area contributed by atoms with Crippen LogP contribution in [0, 0.1) is 0 Å². The van der Waals surface area contributed by atoms with Crippen LogP contribution in [0.15, 0.2) is 58.7 Å². The van der Waals surface area contributed by atoms with E-state index in [0.717, 1.165) is 4.47 Å². The minimum Gasteiger partial charge on any atom is -0.345 e. The van der Waals surface area contributed by atoms with Crippen LogP contribution in [0.5, 0.6) is 0 Å². The fraction of sp³-hybridized carbons (Fsp3) is 0.143. The molecule has 0 saturated carbocycles. The summed E-state index contributed by atoms with van der Waals surface area (Å²) in [7, 11) is 0. The summed E-state index contributed by atoms with van der Waals surface area (Å²) in [5.41, 5.74) is 0.963. The van der Waals surface area contributed by atoms with Crippen LogP contribution in [0.3, 0.4) is 0 Å². The molecular weight excluding hydrogens is 573 g/mol. The lowest BCUT2D eigenvalue weighted by molar-refractivity contribution is -0.113. The molecule has 0 spiro atoms. The lowest BCUT2D eigenvalue weighted by Gasteiger charge is -2.10. The molecular formula is C21H17BrCl3N5O2S. The third-order valence-electron chi connectivity index (χ3n) is 4.23. The maximum atomic E-state index is 12.4. The number of rotatable bonds is 9. The van der Waals surface area contributed by atoms with Crippen molar-refractivity contribution in [1.82, 2.24) is 20.1 Å². The number of benzene rings is 2. The topological polar surface area (TPSA) is 88.9 Å². The predicted molar refractivity (Wildman–Crippen MR) is 136 cm³/mol. The Kier molecular flexibility index (Phi) is 9.22. The number of nitrogens with zero attached hydrogens (tertiary/aromatic N) is 3. The van der Waals surface area contributed by atoms with Crippen molar-refractivity contribution in [3.05, 3.63) is 80.0 Å². The molecule has 0 bridgehead atoms. The second-order valence-corrected chi connectivity index (χ2v) is 9.59. The molecule has 172 valence electrons. The van der Waals surface area contributed by atoms with Gasteiger partial charge in [0, 0.05) is 22.3 Å². The van der Waals surface area contributed by atoms with Crippen LogP contribution in [0.1, 0.15) is 16.2 Å². The number of allylic oxidation sites excluding steroid dienone is 1. The van der Waals surface area contributed by atoms with Crippen LogP contribution in [0.4, 0.5) is 5.69 Å². The molecule has 0 aliphatic heterocycles. The Bertz CT molecular complexity index is 1200. The number of thioether (sulfide) groups is 1. The molecule has 1 aromatic heterocycles. The zero-order chi connectivity index (χ0) is 24.0. The average molecular weight is 590 g/mol. The van der Waals surface area contributed by atoms with E-state index >= 15 is 0 Å². The number of anilines is 1. The minimum absolute atomic E-state index is 0.110. The van der Waals surface area contributed by atoms with Gasteiger partial charge in [-0.15, -0.1) is 16.8 Å². The Morgan fingerprint density at radius 1 is 1.09 bits per heavy atom. The molecule has 7 nitrogen and oxygen atoms in total. The van der Waals surface area contributed by atoms with Crippen molar-refractivity contribution in [2.45, 2.75) is 18.2 Å². The van der Waals surface area contributed by atoms with Crippen molar-refractivity contribution in [1.29, 1.82) is 0 Å². The van der Waals surface area contributed by atoms with Crippen molar-refractivity contribution in [2.75, 3.05) is 11.1 Å². The summed E-state index contributed by atoms with van der Waals surface area (Å²) in [5, 5.41) is 15.5. The smallest absolute Gasteiger partial charge is 0.251 e. The first-order valence-corrected chi connectivity index (χ1v) is 12.3. The van der Waals surface area contributed by atoms with Gasteiger partial charge in [0.05, 0.1) is 27.4 Å². The second-order valence-electron chi connectivity index (χ2n) is 6.58. The standard InChI is InChI=1S/C21H17BrCl3N5O2S/c1-2-7-30-18(10-26-20(32)12-3-6-15(23)17(25)8-12)28-29-21(30)33-11-19(31)27-13-4-5-14(22)16(24)9-13/h2-6,8-9H,1,7,10-11H2,(H,26,32)(H,27,31). The van der Waals surface area contributed by atoms with E-state index in [1.165, 1.54) is 17.8 Å². The number of carbonyl (C=O) groups is 2. The molecule has 2 amide bonds. The van der Waals surface area contributed by atoms with Gasteiger partial charge in [-0.1, -0.05) is 52.6 Å².